The fourth-order valence-corrected chi connectivity index (χ4v) is 3.05. The maximum absolute atomic E-state index is 12.1. The molecule has 5 nitrogen and oxygen atoms in total. The topological polar surface area (TPSA) is 56.1 Å². The van der Waals surface area contributed by atoms with Crippen molar-refractivity contribution in [1.29, 1.82) is 0 Å². The minimum atomic E-state index is -0.0649. The lowest BCUT2D eigenvalue weighted by Crippen LogP contribution is -2.39. The molecule has 2 aromatic rings. The van der Waals surface area contributed by atoms with Crippen molar-refractivity contribution in [3.63, 3.8) is 0 Å². The largest absolute Gasteiger partial charge is 0.483 e. The molecule has 3 rings (SSSR count). The molecule has 0 unspecified atom stereocenters. The first-order chi connectivity index (χ1) is 11.7. The summed E-state index contributed by atoms with van der Waals surface area (Å²) in [5.41, 5.74) is 1.61. The van der Waals surface area contributed by atoms with E-state index in [0.717, 1.165) is 24.1 Å². The van der Waals surface area contributed by atoms with Gasteiger partial charge in [-0.15, -0.1) is 0 Å². The van der Waals surface area contributed by atoms with Crippen LogP contribution in [0, 0.1) is 0 Å². The normalized spacial score (nSPS) is 15.0. The third kappa shape index (κ3) is 4.04. The van der Waals surface area contributed by atoms with Gasteiger partial charge in [-0.2, -0.15) is 0 Å². The van der Waals surface area contributed by atoms with Crippen LogP contribution < -0.4 is 10.1 Å². The van der Waals surface area contributed by atoms with E-state index in [1.54, 1.807) is 12.5 Å². The van der Waals surface area contributed by atoms with Gasteiger partial charge in [0, 0.05) is 24.0 Å². The van der Waals surface area contributed by atoms with Crippen LogP contribution in [0.15, 0.2) is 49.6 Å². The maximum atomic E-state index is 12.1. The number of hydrogen-bond acceptors (Lipinski definition) is 3. The van der Waals surface area contributed by atoms with Gasteiger partial charge < -0.3 is 14.6 Å². The van der Waals surface area contributed by atoms with E-state index in [0.29, 0.717) is 11.8 Å². The Kier molecular flexibility index (Phi) is 5.31. The number of hydrogen-bond donors (Lipinski definition) is 1. The molecule has 1 fully saturated rings. The summed E-state index contributed by atoms with van der Waals surface area (Å²) in [5, 5.41) is 3.06. The Bertz CT molecular complexity index is 688. The monoisotopic (exact) mass is 325 g/mol. The average Bonchev–Trinajstić information content (AvgIpc) is 3.15. The molecule has 1 amide bonds. The maximum Gasteiger partial charge on any atom is 0.258 e. The van der Waals surface area contributed by atoms with Crippen molar-refractivity contribution in [3.05, 3.63) is 55.1 Å². The van der Waals surface area contributed by atoms with Crippen LogP contribution in [0.5, 0.6) is 5.75 Å². The summed E-state index contributed by atoms with van der Waals surface area (Å²) in [4.78, 5) is 16.2. The Labute approximate surface area is 142 Å². The van der Waals surface area contributed by atoms with Crippen molar-refractivity contribution in [2.45, 2.75) is 38.1 Å². The highest BCUT2D eigenvalue weighted by Crippen LogP contribution is 2.26. The second-order valence-corrected chi connectivity index (χ2v) is 6.10. The molecule has 1 saturated carbocycles. The van der Waals surface area contributed by atoms with Crippen LogP contribution in [-0.4, -0.2) is 28.1 Å². The first-order valence-electron chi connectivity index (χ1n) is 8.43. The molecule has 0 saturated heterocycles. The molecule has 1 aromatic heterocycles. The predicted octanol–water partition coefficient (Wildman–Crippen LogP) is 3.23. The SMILES string of the molecule is C=C(c1ccccc1OCC(=O)NC1CCCCC1)n1ccnc1. The lowest BCUT2D eigenvalue weighted by molar-refractivity contribution is -0.124. The summed E-state index contributed by atoms with van der Waals surface area (Å²) < 4.78 is 7.58. The van der Waals surface area contributed by atoms with Crippen molar-refractivity contribution in [1.82, 2.24) is 14.9 Å². The lowest BCUT2D eigenvalue weighted by atomic mass is 9.95. The molecule has 0 spiro atoms. The van der Waals surface area contributed by atoms with E-state index < -0.39 is 0 Å². The van der Waals surface area contributed by atoms with Gasteiger partial charge in [0.15, 0.2) is 6.61 Å². The average molecular weight is 325 g/mol. The van der Waals surface area contributed by atoms with Crippen molar-refractivity contribution in [2.24, 2.45) is 0 Å². The lowest BCUT2D eigenvalue weighted by Gasteiger charge is -2.23. The minimum Gasteiger partial charge on any atom is -0.483 e. The molecule has 24 heavy (non-hydrogen) atoms. The Morgan fingerprint density at radius 2 is 2.08 bits per heavy atom. The summed E-state index contributed by atoms with van der Waals surface area (Å²) >= 11 is 0. The van der Waals surface area contributed by atoms with Crippen LogP contribution in [0.2, 0.25) is 0 Å². The molecular formula is C19H23N3O2. The predicted molar refractivity (Wildman–Crippen MR) is 93.6 cm³/mol. The molecule has 5 heteroatoms. The van der Waals surface area contributed by atoms with Crippen LogP contribution in [0.25, 0.3) is 5.70 Å². The van der Waals surface area contributed by atoms with E-state index >= 15 is 0 Å². The standard InChI is InChI=1S/C19H23N3O2/c1-15(22-12-11-20-14-22)17-9-5-6-10-18(17)24-13-19(23)21-16-7-3-2-4-8-16/h5-6,9-12,14,16H,1-4,7-8,13H2,(H,21,23). The quantitative estimate of drug-likeness (QED) is 0.887. The molecule has 0 bridgehead atoms. The number of carbonyl (C=O) groups is 1. The highest BCUT2D eigenvalue weighted by atomic mass is 16.5. The van der Waals surface area contributed by atoms with Crippen LogP contribution in [-0.2, 0) is 4.79 Å². The molecule has 0 aliphatic heterocycles. The summed E-state index contributed by atoms with van der Waals surface area (Å²) in [7, 11) is 0. The summed E-state index contributed by atoms with van der Waals surface area (Å²) in [6.45, 7) is 4.11. The second-order valence-electron chi connectivity index (χ2n) is 6.10. The highest BCUT2D eigenvalue weighted by Gasteiger charge is 2.16. The molecule has 126 valence electrons. The highest BCUT2D eigenvalue weighted by molar-refractivity contribution is 5.78. The van der Waals surface area contributed by atoms with Gasteiger partial charge in [-0.25, -0.2) is 4.98 Å². The fourth-order valence-electron chi connectivity index (χ4n) is 3.05. The molecule has 0 atom stereocenters. The molecule has 1 aliphatic rings. The number of ether oxygens (including phenoxy) is 1. The van der Waals surface area contributed by atoms with Gasteiger partial charge in [0.05, 0.1) is 12.0 Å². The van der Waals surface area contributed by atoms with Gasteiger partial charge in [0.25, 0.3) is 5.91 Å². The zero-order valence-corrected chi connectivity index (χ0v) is 13.8. The first kappa shape index (κ1) is 16.3. The third-order valence-corrected chi connectivity index (χ3v) is 4.34. The first-order valence-corrected chi connectivity index (χ1v) is 8.43. The molecule has 1 N–H and O–H groups in total. The number of nitrogens with one attached hydrogen (secondary N) is 1. The van der Waals surface area contributed by atoms with Gasteiger partial charge in [-0.1, -0.05) is 38.0 Å². The molecule has 1 aliphatic carbocycles. The molecular weight excluding hydrogens is 302 g/mol. The van der Waals surface area contributed by atoms with E-state index in [1.807, 2.05) is 35.0 Å². The molecule has 0 radical (unpaired) electrons. The van der Waals surface area contributed by atoms with Gasteiger partial charge in [-0.05, 0) is 25.0 Å². The van der Waals surface area contributed by atoms with Crippen molar-refractivity contribution >= 4 is 11.6 Å². The van der Waals surface area contributed by atoms with E-state index in [9.17, 15) is 4.79 Å². The summed E-state index contributed by atoms with van der Waals surface area (Å²) in [5.74, 6) is 0.583. The van der Waals surface area contributed by atoms with Gasteiger partial charge in [-0.3, -0.25) is 4.79 Å². The summed E-state index contributed by atoms with van der Waals surface area (Å²) in [6.07, 6.45) is 11.0. The summed E-state index contributed by atoms with van der Waals surface area (Å²) in [6, 6.07) is 7.89. The van der Waals surface area contributed by atoms with Crippen LogP contribution >= 0.6 is 0 Å². The Morgan fingerprint density at radius 1 is 1.29 bits per heavy atom. The van der Waals surface area contributed by atoms with Gasteiger partial charge in [0.2, 0.25) is 0 Å². The minimum absolute atomic E-state index is 0.0186. The van der Waals surface area contributed by atoms with E-state index in [1.165, 1.54) is 19.3 Å². The molecule has 1 heterocycles. The molecule has 1 aromatic carbocycles. The fraction of sp³-hybridized carbons (Fsp3) is 0.368. The smallest absolute Gasteiger partial charge is 0.258 e. The van der Waals surface area contributed by atoms with Gasteiger partial charge >= 0.3 is 0 Å². The number of para-hydroxylation sites is 1. The van der Waals surface area contributed by atoms with E-state index in [-0.39, 0.29) is 12.5 Å². The number of imidazole rings is 1. The van der Waals surface area contributed by atoms with E-state index in [4.69, 9.17) is 4.74 Å². The number of benzene rings is 1. The Balaban J connectivity index is 1.61. The number of amides is 1. The van der Waals surface area contributed by atoms with Crippen LogP contribution in [0.3, 0.4) is 0 Å². The van der Waals surface area contributed by atoms with Crippen molar-refractivity contribution in [2.75, 3.05) is 6.61 Å². The van der Waals surface area contributed by atoms with Crippen molar-refractivity contribution in [3.8, 4) is 5.75 Å². The van der Waals surface area contributed by atoms with E-state index in [2.05, 4.69) is 16.9 Å². The number of nitrogens with zero attached hydrogens (tertiary/aromatic N) is 2. The second kappa shape index (κ2) is 7.81. The van der Waals surface area contributed by atoms with Crippen LogP contribution in [0.4, 0.5) is 0 Å². The zero-order chi connectivity index (χ0) is 16.8. The number of carbonyl (C=O) groups excluding carboxylic acids is 1. The third-order valence-electron chi connectivity index (χ3n) is 4.34. The van der Waals surface area contributed by atoms with Crippen molar-refractivity contribution < 1.29 is 9.53 Å². The number of rotatable bonds is 6. The van der Waals surface area contributed by atoms with Gasteiger partial charge in [0.1, 0.15) is 5.75 Å². The number of aromatic nitrogens is 2. The van der Waals surface area contributed by atoms with Crippen LogP contribution in [0.1, 0.15) is 37.7 Å². The zero-order valence-electron chi connectivity index (χ0n) is 13.8. The Morgan fingerprint density at radius 3 is 2.83 bits per heavy atom. The Hall–Kier alpha value is -2.56.